The summed E-state index contributed by atoms with van der Waals surface area (Å²) in [7, 11) is 3.69. The molecule has 1 saturated heterocycles. The number of likely N-dealkylation sites (tertiary alicyclic amines) is 1. The van der Waals surface area contributed by atoms with Gasteiger partial charge in [-0.25, -0.2) is 13.6 Å². The lowest BCUT2D eigenvalue weighted by molar-refractivity contribution is -0.118. The van der Waals surface area contributed by atoms with Crippen LogP contribution in [0.15, 0.2) is 72.9 Å². The zero-order valence-electron chi connectivity index (χ0n) is 24.6. The highest BCUT2D eigenvalue weighted by Crippen LogP contribution is 2.29. The highest BCUT2D eigenvalue weighted by Gasteiger charge is 2.33. The number of rotatable bonds is 9. The van der Waals surface area contributed by atoms with Crippen molar-refractivity contribution in [1.29, 1.82) is 0 Å². The number of amides is 3. The third kappa shape index (κ3) is 7.32. The van der Waals surface area contributed by atoms with Gasteiger partial charge in [0.2, 0.25) is 5.91 Å². The van der Waals surface area contributed by atoms with Crippen LogP contribution in [-0.2, 0) is 11.3 Å². The summed E-state index contributed by atoms with van der Waals surface area (Å²) in [5.74, 6) is -0.879. The van der Waals surface area contributed by atoms with Gasteiger partial charge in [-0.3, -0.25) is 4.79 Å². The SMILES string of the molecule is C[C@H](c1c[nH]c2ccccc12)[C@@H](NC(=O)N1CCC(Oc2ccc(F)cc2)CC1)C(=O)Nc1ccc(F)c(CN(C)C)c1. The molecule has 0 saturated carbocycles. The Bertz CT molecular complexity index is 1560. The van der Waals surface area contributed by atoms with Crippen LogP contribution in [-0.4, -0.2) is 66.1 Å². The number of anilines is 1. The Kier molecular flexibility index (Phi) is 9.25. The number of halogens is 2. The van der Waals surface area contributed by atoms with Crippen molar-refractivity contribution in [3.63, 3.8) is 0 Å². The number of para-hydroxylation sites is 1. The maximum Gasteiger partial charge on any atom is 0.318 e. The van der Waals surface area contributed by atoms with E-state index in [-0.39, 0.29) is 29.7 Å². The van der Waals surface area contributed by atoms with Crippen LogP contribution in [0.5, 0.6) is 5.75 Å². The Hall–Kier alpha value is -4.44. The van der Waals surface area contributed by atoms with Crippen molar-refractivity contribution in [2.24, 2.45) is 0 Å². The molecule has 2 atom stereocenters. The number of nitrogens with zero attached hydrogens (tertiary/aromatic N) is 2. The first kappa shape index (κ1) is 30.0. The van der Waals surface area contributed by atoms with Gasteiger partial charge in [-0.15, -0.1) is 0 Å². The lowest BCUT2D eigenvalue weighted by Crippen LogP contribution is -2.53. The molecule has 3 amide bonds. The molecule has 0 radical (unpaired) electrons. The highest BCUT2D eigenvalue weighted by atomic mass is 19.1. The van der Waals surface area contributed by atoms with E-state index in [0.29, 0.717) is 49.5 Å². The van der Waals surface area contributed by atoms with Crippen molar-refractivity contribution in [1.82, 2.24) is 20.1 Å². The number of hydrogen-bond donors (Lipinski definition) is 3. The Labute approximate surface area is 250 Å². The third-order valence-electron chi connectivity index (χ3n) is 7.82. The summed E-state index contributed by atoms with van der Waals surface area (Å²) in [6.07, 6.45) is 2.97. The zero-order chi connectivity index (χ0) is 30.5. The number of H-pyrrole nitrogens is 1. The van der Waals surface area contributed by atoms with Crippen LogP contribution in [0, 0.1) is 11.6 Å². The average Bonchev–Trinajstić information content (AvgIpc) is 3.43. The van der Waals surface area contributed by atoms with Gasteiger partial charge >= 0.3 is 6.03 Å². The molecule has 226 valence electrons. The highest BCUT2D eigenvalue weighted by molar-refractivity contribution is 5.98. The Morgan fingerprint density at radius 3 is 2.49 bits per heavy atom. The number of carbonyl (C=O) groups excluding carboxylic acids is 2. The first-order valence-electron chi connectivity index (χ1n) is 14.5. The van der Waals surface area contributed by atoms with Crippen LogP contribution in [0.2, 0.25) is 0 Å². The van der Waals surface area contributed by atoms with Crippen molar-refractivity contribution in [3.05, 3.63) is 95.7 Å². The average molecular weight is 590 g/mol. The molecule has 2 heterocycles. The first-order valence-corrected chi connectivity index (χ1v) is 14.5. The topological polar surface area (TPSA) is 89.7 Å². The van der Waals surface area contributed by atoms with Crippen molar-refractivity contribution in [2.75, 3.05) is 32.5 Å². The molecule has 1 fully saturated rings. The number of urea groups is 1. The molecule has 8 nitrogen and oxygen atoms in total. The summed E-state index contributed by atoms with van der Waals surface area (Å²) in [4.78, 5) is 34.1. The Morgan fingerprint density at radius 2 is 1.77 bits per heavy atom. The second-order valence-corrected chi connectivity index (χ2v) is 11.3. The molecular formula is C33H37F2N5O3. The number of aromatic amines is 1. The molecule has 0 bridgehead atoms. The van der Waals surface area contributed by atoms with Crippen LogP contribution in [0.25, 0.3) is 10.9 Å². The van der Waals surface area contributed by atoms with Gasteiger partial charge in [0, 0.05) is 66.7 Å². The van der Waals surface area contributed by atoms with Gasteiger partial charge < -0.3 is 30.2 Å². The monoisotopic (exact) mass is 589 g/mol. The van der Waals surface area contributed by atoms with Gasteiger partial charge in [-0.2, -0.15) is 0 Å². The summed E-state index contributed by atoms with van der Waals surface area (Å²) in [6, 6.07) is 16.9. The minimum absolute atomic E-state index is 0.103. The minimum Gasteiger partial charge on any atom is -0.490 e. The molecular weight excluding hydrogens is 552 g/mol. The first-order chi connectivity index (χ1) is 20.7. The van der Waals surface area contributed by atoms with Gasteiger partial charge in [0.1, 0.15) is 29.5 Å². The standard InChI is InChI=1S/C33H37F2N5O3/c1-21(28-19-36-30-7-5-4-6-27(28)30)31(32(41)37-24-10-13-29(35)22(18-24)20-39(2)3)38-33(42)40-16-14-26(15-17-40)43-25-11-8-23(34)9-12-25/h4-13,18-19,21,26,31,36H,14-17,20H2,1-3H3,(H,37,41)(H,38,42)/t21-,31-/m1/s1. The van der Waals surface area contributed by atoms with E-state index in [1.807, 2.05) is 56.4 Å². The number of nitrogens with one attached hydrogen (secondary N) is 3. The van der Waals surface area contributed by atoms with Gasteiger partial charge in [0.25, 0.3) is 0 Å². The number of aromatic nitrogens is 1. The number of carbonyl (C=O) groups is 2. The van der Waals surface area contributed by atoms with Gasteiger partial charge in [-0.05, 0) is 68.2 Å². The van der Waals surface area contributed by atoms with E-state index in [9.17, 15) is 18.4 Å². The zero-order valence-corrected chi connectivity index (χ0v) is 24.6. The summed E-state index contributed by atoms with van der Waals surface area (Å²) in [5, 5.41) is 6.86. The van der Waals surface area contributed by atoms with Crippen molar-refractivity contribution in [3.8, 4) is 5.75 Å². The number of fused-ring (bicyclic) bond motifs is 1. The predicted octanol–water partition coefficient (Wildman–Crippen LogP) is 5.87. The Balaban J connectivity index is 1.31. The van der Waals surface area contributed by atoms with Crippen LogP contribution in [0.4, 0.5) is 19.3 Å². The van der Waals surface area contributed by atoms with Crippen LogP contribution < -0.4 is 15.4 Å². The fourth-order valence-electron chi connectivity index (χ4n) is 5.51. The van der Waals surface area contributed by atoms with E-state index in [2.05, 4.69) is 15.6 Å². The van der Waals surface area contributed by atoms with Crippen molar-refractivity contribution in [2.45, 2.75) is 44.4 Å². The van der Waals surface area contributed by atoms with Crippen molar-refractivity contribution < 1.29 is 23.1 Å². The van der Waals surface area contributed by atoms with Crippen LogP contribution in [0.1, 0.15) is 36.8 Å². The molecule has 3 N–H and O–H groups in total. The maximum absolute atomic E-state index is 14.4. The fourth-order valence-corrected chi connectivity index (χ4v) is 5.51. The van der Waals surface area contributed by atoms with Gasteiger partial charge in [0.05, 0.1) is 0 Å². The predicted molar refractivity (Wildman–Crippen MR) is 163 cm³/mol. The smallest absolute Gasteiger partial charge is 0.318 e. The molecule has 1 aliphatic heterocycles. The molecule has 5 rings (SSSR count). The fraction of sp³-hybridized carbons (Fsp3) is 0.333. The molecule has 0 spiro atoms. The minimum atomic E-state index is -0.915. The summed E-state index contributed by atoms with van der Waals surface area (Å²) >= 11 is 0. The number of ether oxygens (including phenoxy) is 1. The van der Waals surface area contributed by atoms with E-state index in [1.54, 1.807) is 23.1 Å². The third-order valence-corrected chi connectivity index (χ3v) is 7.82. The molecule has 0 unspecified atom stereocenters. The van der Waals surface area contributed by atoms with Crippen molar-refractivity contribution >= 4 is 28.5 Å². The van der Waals surface area contributed by atoms with E-state index in [1.165, 1.54) is 24.3 Å². The second-order valence-electron chi connectivity index (χ2n) is 11.3. The summed E-state index contributed by atoms with van der Waals surface area (Å²) in [5.41, 5.74) is 2.74. The number of hydrogen-bond acceptors (Lipinski definition) is 4. The summed E-state index contributed by atoms with van der Waals surface area (Å²) < 4.78 is 33.6. The lowest BCUT2D eigenvalue weighted by Gasteiger charge is -2.34. The van der Waals surface area contributed by atoms with Crippen LogP contribution >= 0.6 is 0 Å². The molecule has 1 aliphatic rings. The summed E-state index contributed by atoms with van der Waals surface area (Å²) in [6.45, 7) is 3.17. The number of benzene rings is 3. The Morgan fingerprint density at radius 1 is 1.05 bits per heavy atom. The molecule has 3 aromatic carbocycles. The molecule has 4 aromatic rings. The van der Waals surface area contributed by atoms with Gasteiger partial charge in [-0.1, -0.05) is 25.1 Å². The number of piperidine rings is 1. The van der Waals surface area contributed by atoms with E-state index >= 15 is 0 Å². The van der Waals surface area contributed by atoms with E-state index < -0.39 is 11.9 Å². The lowest BCUT2D eigenvalue weighted by atomic mass is 9.92. The maximum atomic E-state index is 14.4. The van der Waals surface area contributed by atoms with E-state index in [4.69, 9.17) is 4.74 Å². The largest absolute Gasteiger partial charge is 0.490 e. The molecule has 43 heavy (non-hydrogen) atoms. The molecule has 0 aliphatic carbocycles. The van der Waals surface area contributed by atoms with Gasteiger partial charge in [0.15, 0.2) is 0 Å². The van der Waals surface area contributed by atoms with Crippen LogP contribution in [0.3, 0.4) is 0 Å². The molecule has 1 aromatic heterocycles. The normalized spacial score (nSPS) is 15.3. The van der Waals surface area contributed by atoms with E-state index in [0.717, 1.165) is 16.5 Å². The molecule has 10 heteroatoms. The quantitative estimate of drug-likeness (QED) is 0.228. The second kappa shape index (κ2) is 13.2.